The van der Waals surface area contributed by atoms with Crippen LogP contribution >= 0.6 is 12.4 Å². The predicted molar refractivity (Wildman–Crippen MR) is 86.2 cm³/mol. The molecule has 1 saturated carbocycles. The van der Waals surface area contributed by atoms with Crippen LogP contribution in [0.4, 0.5) is 4.39 Å². The molecule has 4 N–H and O–H groups in total. The predicted octanol–water partition coefficient (Wildman–Crippen LogP) is 2.30. The van der Waals surface area contributed by atoms with E-state index in [2.05, 4.69) is 5.32 Å². The Hall–Kier alpha value is -1.17. The zero-order valence-corrected chi connectivity index (χ0v) is 13.5. The van der Waals surface area contributed by atoms with Crippen molar-refractivity contribution in [2.75, 3.05) is 6.54 Å². The van der Waals surface area contributed by atoms with Crippen molar-refractivity contribution in [3.05, 3.63) is 35.6 Å². The molecule has 22 heavy (non-hydrogen) atoms. The lowest BCUT2D eigenvalue weighted by molar-refractivity contribution is -0.128. The smallest absolute Gasteiger partial charge is 0.225 e. The molecule has 1 aliphatic carbocycles. The maximum atomic E-state index is 13.5. The van der Waals surface area contributed by atoms with Gasteiger partial charge in [0.05, 0.1) is 12.0 Å². The first kappa shape index (κ1) is 18.9. The zero-order chi connectivity index (χ0) is 15.5. The summed E-state index contributed by atoms with van der Waals surface area (Å²) < 4.78 is 13.5. The molecule has 1 amide bonds. The van der Waals surface area contributed by atoms with Crippen LogP contribution in [0.5, 0.6) is 0 Å². The summed E-state index contributed by atoms with van der Waals surface area (Å²) in [4.78, 5) is 12.2. The van der Waals surface area contributed by atoms with Gasteiger partial charge in [-0.3, -0.25) is 4.79 Å². The van der Waals surface area contributed by atoms with Gasteiger partial charge in [0.15, 0.2) is 0 Å². The summed E-state index contributed by atoms with van der Waals surface area (Å²) in [5.41, 5.74) is 5.86. The fourth-order valence-corrected chi connectivity index (χ4v) is 2.96. The molecule has 3 unspecified atom stereocenters. The van der Waals surface area contributed by atoms with E-state index < -0.39 is 17.5 Å². The van der Waals surface area contributed by atoms with Crippen molar-refractivity contribution < 1.29 is 14.3 Å². The molecular formula is C16H24ClFN2O2. The lowest BCUT2D eigenvalue weighted by Crippen LogP contribution is -2.53. The van der Waals surface area contributed by atoms with Crippen LogP contribution in [0.25, 0.3) is 0 Å². The van der Waals surface area contributed by atoms with E-state index in [-0.39, 0.29) is 36.3 Å². The Labute approximate surface area is 136 Å². The average molecular weight is 331 g/mol. The van der Waals surface area contributed by atoms with Gasteiger partial charge in [-0.25, -0.2) is 4.39 Å². The van der Waals surface area contributed by atoms with Crippen molar-refractivity contribution in [2.24, 2.45) is 11.7 Å². The van der Waals surface area contributed by atoms with Gasteiger partial charge in [0.1, 0.15) is 5.82 Å². The van der Waals surface area contributed by atoms with Gasteiger partial charge in [0.2, 0.25) is 5.91 Å². The molecule has 1 fully saturated rings. The van der Waals surface area contributed by atoms with Gasteiger partial charge in [0, 0.05) is 17.6 Å². The molecule has 1 aliphatic rings. The van der Waals surface area contributed by atoms with Crippen LogP contribution in [0.15, 0.2) is 24.3 Å². The minimum atomic E-state index is -1.05. The first-order valence-corrected chi connectivity index (χ1v) is 7.41. The van der Waals surface area contributed by atoms with Crippen LogP contribution in [-0.2, 0) is 4.79 Å². The van der Waals surface area contributed by atoms with Crippen LogP contribution in [0.2, 0.25) is 0 Å². The highest BCUT2D eigenvalue weighted by atomic mass is 35.5. The third kappa shape index (κ3) is 4.41. The molecule has 0 aliphatic heterocycles. The van der Waals surface area contributed by atoms with Crippen LogP contribution in [0.1, 0.15) is 44.3 Å². The maximum Gasteiger partial charge on any atom is 0.225 e. The fraction of sp³-hybridized carbons (Fsp3) is 0.562. The maximum absolute atomic E-state index is 13.5. The molecular weight excluding hydrogens is 307 g/mol. The van der Waals surface area contributed by atoms with E-state index in [1.165, 1.54) is 12.1 Å². The van der Waals surface area contributed by atoms with Gasteiger partial charge < -0.3 is 16.2 Å². The Balaban J connectivity index is 0.00000242. The monoisotopic (exact) mass is 330 g/mol. The van der Waals surface area contributed by atoms with Crippen molar-refractivity contribution in [3.63, 3.8) is 0 Å². The Morgan fingerprint density at radius 3 is 2.82 bits per heavy atom. The third-order valence-electron chi connectivity index (χ3n) is 4.30. The summed E-state index contributed by atoms with van der Waals surface area (Å²) in [6.45, 7) is 1.88. The number of halogens is 2. The Morgan fingerprint density at radius 1 is 1.50 bits per heavy atom. The van der Waals surface area contributed by atoms with Crippen molar-refractivity contribution in [3.8, 4) is 0 Å². The number of aliphatic hydroxyl groups excluding tert-OH is 1. The third-order valence-corrected chi connectivity index (χ3v) is 4.30. The normalized spacial score (nSPS) is 25.9. The quantitative estimate of drug-likeness (QED) is 0.793. The van der Waals surface area contributed by atoms with Gasteiger partial charge in [-0.1, -0.05) is 31.0 Å². The highest BCUT2D eigenvalue weighted by molar-refractivity contribution is 5.85. The largest absolute Gasteiger partial charge is 0.386 e. The summed E-state index contributed by atoms with van der Waals surface area (Å²) in [6.07, 6.45) is 2.55. The number of benzene rings is 1. The molecule has 4 nitrogen and oxygen atoms in total. The van der Waals surface area contributed by atoms with Gasteiger partial charge >= 0.3 is 0 Å². The van der Waals surface area contributed by atoms with Crippen LogP contribution < -0.4 is 11.1 Å². The van der Waals surface area contributed by atoms with E-state index >= 15 is 0 Å². The van der Waals surface area contributed by atoms with Crippen molar-refractivity contribution in [1.29, 1.82) is 0 Å². The topological polar surface area (TPSA) is 75.4 Å². The van der Waals surface area contributed by atoms with Crippen molar-refractivity contribution in [1.82, 2.24) is 5.32 Å². The van der Waals surface area contributed by atoms with Gasteiger partial charge in [-0.05, 0) is 25.8 Å². The first-order chi connectivity index (χ1) is 9.92. The summed E-state index contributed by atoms with van der Waals surface area (Å²) in [5.74, 6) is -0.880. The number of nitrogens with one attached hydrogen (secondary N) is 1. The van der Waals surface area contributed by atoms with Crippen molar-refractivity contribution >= 4 is 18.3 Å². The minimum absolute atomic E-state index is 0. The van der Waals surface area contributed by atoms with E-state index in [9.17, 15) is 14.3 Å². The average Bonchev–Trinajstić information content (AvgIpc) is 2.44. The Morgan fingerprint density at radius 2 is 2.18 bits per heavy atom. The van der Waals surface area contributed by atoms with E-state index in [0.717, 1.165) is 25.7 Å². The number of hydrogen-bond donors (Lipinski definition) is 3. The number of nitrogens with two attached hydrogens (primary N) is 1. The van der Waals surface area contributed by atoms with E-state index in [1.807, 2.05) is 6.92 Å². The van der Waals surface area contributed by atoms with Crippen LogP contribution in [0.3, 0.4) is 0 Å². The molecule has 0 spiro atoms. The second-order valence-electron chi connectivity index (χ2n) is 6.09. The van der Waals surface area contributed by atoms with E-state index in [4.69, 9.17) is 5.73 Å². The van der Waals surface area contributed by atoms with Crippen molar-refractivity contribution in [2.45, 2.75) is 44.2 Å². The first-order valence-electron chi connectivity index (χ1n) is 7.41. The van der Waals surface area contributed by atoms with Gasteiger partial charge in [-0.15, -0.1) is 12.4 Å². The number of carbonyl (C=O) groups is 1. The van der Waals surface area contributed by atoms with E-state index in [0.29, 0.717) is 0 Å². The van der Waals surface area contributed by atoms with Gasteiger partial charge in [0.25, 0.3) is 0 Å². The summed E-state index contributed by atoms with van der Waals surface area (Å²) in [6, 6.07) is 6.02. The number of carbonyl (C=O) groups excluding carboxylic acids is 1. The second-order valence-corrected chi connectivity index (χ2v) is 6.09. The molecule has 1 aromatic rings. The molecule has 2 rings (SSSR count). The standard InChI is InChI=1S/C16H23FN2O2.ClH/c1-16(18)9-5-4-7-12(16)15(21)19-10-14(20)11-6-2-3-8-13(11)17;/h2-3,6,8,12,14,20H,4-5,7,9-10,18H2,1H3,(H,19,21);1H. The number of rotatable bonds is 4. The lowest BCUT2D eigenvalue weighted by Gasteiger charge is -2.37. The molecule has 0 aromatic heterocycles. The SMILES string of the molecule is CC1(N)CCCCC1C(=O)NCC(O)c1ccccc1F.Cl. The lowest BCUT2D eigenvalue weighted by atomic mass is 9.74. The number of aliphatic hydroxyl groups is 1. The highest BCUT2D eigenvalue weighted by Gasteiger charge is 2.37. The number of hydrogen-bond acceptors (Lipinski definition) is 3. The second kappa shape index (κ2) is 7.90. The number of amides is 1. The molecule has 0 radical (unpaired) electrons. The van der Waals surface area contributed by atoms with Crippen LogP contribution in [0, 0.1) is 11.7 Å². The van der Waals surface area contributed by atoms with E-state index in [1.54, 1.807) is 12.1 Å². The minimum Gasteiger partial charge on any atom is -0.386 e. The summed E-state index contributed by atoms with van der Waals surface area (Å²) >= 11 is 0. The zero-order valence-electron chi connectivity index (χ0n) is 12.7. The molecule has 0 bridgehead atoms. The molecule has 6 heteroatoms. The highest BCUT2D eigenvalue weighted by Crippen LogP contribution is 2.31. The van der Waals surface area contributed by atoms with Crippen LogP contribution in [-0.4, -0.2) is 23.1 Å². The molecule has 3 atom stereocenters. The molecule has 1 aromatic carbocycles. The molecule has 0 heterocycles. The fourth-order valence-electron chi connectivity index (χ4n) is 2.96. The molecule has 124 valence electrons. The Bertz CT molecular complexity index is 511. The van der Waals surface area contributed by atoms with Gasteiger partial charge in [-0.2, -0.15) is 0 Å². The summed E-state index contributed by atoms with van der Waals surface area (Å²) in [7, 11) is 0. The molecule has 0 saturated heterocycles. The Kier molecular flexibility index (Phi) is 6.78. The summed E-state index contributed by atoms with van der Waals surface area (Å²) in [5, 5.41) is 12.7.